The average Bonchev–Trinajstić information content (AvgIpc) is 3.47. The van der Waals surface area contributed by atoms with Gasteiger partial charge in [0.05, 0.1) is 18.4 Å². The van der Waals surface area contributed by atoms with Crippen LogP contribution in [-0.4, -0.2) is 49.9 Å². The van der Waals surface area contributed by atoms with Gasteiger partial charge in [-0.2, -0.15) is 20.0 Å². The Hall–Kier alpha value is -3.46. The first-order valence-corrected chi connectivity index (χ1v) is 11.1. The summed E-state index contributed by atoms with van der Waals surface area (Å²) in [6, 6.07) is 9.87. The van der Waals surface area contributed by atoms with Crippen LogP contribution in [0.5, 0.6) is 0 Å². The molecule has 3 heterocycles. The third-order valence-corrected chi connectivity index (χ3v) is 6.26. The molecule has 1 N–H and O–H groups in total. The van der Waals surface area contributed by atoms with Crippen molar-refractivity contribution in [3.63, 3.8) is 0 Å². The van der Waals surface area contributed by atoms with Crippen LogP contribution in [0.2, 0.25) is 5.02 Å². The Morgan fingerprint density at radius 2 is 2.09 bits per heavy atom. The highest BCUT2D eigenvalue weighted by atomic mass is 35.5. The summed E-state index contributed by atoms with van der Waals surface area (Å²) >= 11 is 6.03. The summed E-state index contributed by atoms with van der Waals surface area (Å²) in [7, 11) is 0. The van der Waals surface area contributed by atoms with Crippen molar-refractivity contribution in [2.45, 2.75) is 25.8 Å². The standard InChI is InChI=1S/C23H22ClFN6O2/c1-14-4-3-11-30(19(14)13-26-23-29-17-12-15(24)7-8-20(17)33-23)22(32)21-16(25)5-2-6-18(21)31-27-9-10-28-31/h2,5-10,12,14,19H,3-4,11,13H2,1H3,(H,26,29). The summed E-state index contributed by atoms with van der Waals surface area (Å²) in [5.74, 6) is -0.786. The highest BCUT2D eigenvalue weighted by Gasteiger charge is 2.35. The molecule has 1 aliphatic rings. The van der Waals surface area contributed by atoms with Crippen molar-refractivity contribution in [2.75, 3.05) is 18.4 Å². The first-order valence-electron chi connectivity index (χ1n) is 10.8. The Morgan fingerprint density at radius 1 is 1.27 bits per heavy atom. The van der Waals surface area contributed by atoms with E-state index in [-0.39, 0.29) is 23.4 Å². The third-order valence-electron chi connectivity index (χ3n) is 6.03. The van der Waals surface area contributed by atoms with Crippen molar-refractivity contribution in [2.24, 2.45) is 5.92 Å². The van der Waals surface area contributed by atoms with Crippen LogP contribution in [0.25, 0.3) is 16.8 Å². The smallest absolute Gasteiger partial charge is 0.295 e. The van der Waals surface area contributed by atoms with Gasteiger partial charge in [0.15, 0.2) is 5.58 Å². The molecular weight excluding hydrogens is 447 g/mol. The Balaban J connectivity index is 1.41. The van der Waals surface area contributed by atoms with Gasteiger partial charge < -0.3 is 14.6 Å². The molecule has 4 aromatic rings. The molecule has 5 rings (SSSR count). The number of likely N-dealkylation sites (tertiary alicyclic amines) is 1. The molecule has 8 nitrogen and oxygen atoms in total. The van der Waals surface area contributed by atoms with Gasteiger partial charge in [0.25, 0.3) is 11.9 Å². The molecule has 1 amide bonds. The van der Waals surface area contributed by atoms with Crippen molar-refractivity contribution in [1.29, 1.82) is 0 Å². The monoisotopic (exact) mass is 468 g/mol. The van der Waals surface area contributed by atoms with Gasteiger partial charge in [-0.1, -0.05) is 24.6 Å². The van der Waals surface area contributed by atoms with E-state index in [2.05, 4.69) is 27.4 Å². The van der Waals surface area contributed by atoms with Crippen molar-refractivity contribution < 1.29 is 13.6 Å². The van der Waals surface area contributed by atoms with Gasteiger partial charge in [0.1, 0.15) is 22.6 Å². The molecule has 33 heavy (non-hydrogen) atoms. The fraction of sp³-hybridized carbons (Fsp3) is 0.304. The number of benzene rings is 2. The summed E-state index contributed by atoms with van der Waals surface area (Å²) in [5.41, 5.74) is 1.54. The van der Waals surface area contributed by atoms with Crippen LogP contribution in [0, 0.1) is 11.7 Å². The molecule has 0 radical (unpaired) electrons. The van der Waals surface area contributed by atoms with Crippen LogP contribution >= 0.6 is 11.6 Å². The Morgan fingerprint density at radius 3 is 2.91 bits per heavy atom. The SMILES string of the molecule is CC1CCCN(C(=O)c2c(F)cccc2-n2nccn2)C1CNc1nc2cc(Cl)ccc2o1. The molecule has 170 valence electrons. The number of oxazole rings is 1. The lowest BCUT2D eigenvalue weighted by Crippen LogP contribution is -2.51. The summed E-state index contributed by atoms with van der Waals surface area (Å²) in [6.45, 7) is 3.03. The Labute approximate surface area is 194 Å². The first kappa shape index (κ1) is 21.4. The minimum Gasteiger partial charge on any atom is -0.424 e. The van der Waals surface area contributed by atoms with Crippen molar-refractivity contribution in [3.8, 4) is 5.69 Å². The summed E-state index contributed by atoms with van der Waals surface area (Å²) < 4.78 is 20.7. The van der Waals surface area contributed by atoms with E-state index >= 15 is 0 Å². The normalized spacial score (nSPS) is 18.6. The van der Waals surface area contributed by atoms with Crippen LogP contribution in [0.3, 0.4) is 0 Å². The van der Waals surface area contributed by atoms with Gasteiger partial charge in [0, 0.05) is 18.1 Å². The number of carbonyl (C=O) groups excluding carboxylic acids is 1. The number of amides is 1. The van der Waals surface area contributed by atoms with Crippen LogP contribution in [0.15, 0.2) is 53.2 Å². The van der Waals surface area contributed by atoms with Gasteiger partial charge in [-0.25, -0.2) is 4.39 Å². The number of carbonyl (C=O) groups is 1. The number of hydrogen-bond donors (Lipinski definition) is 1. The van der Waals surface area contributed by atoms with E-state index in [4.69, 9.17) is 16.0 Å². The lowest BCUT2D eigenvalue weighted by atomic mass is 9.90. The van der Waals surface area contributed by atoms with Gasteiger partial charge in [-0.3, -0.25) is 4.79 Å². The highest BCUT2D eigenvalue weighted by molar-refractivity contribution is 6.31. The van der Waals surface area contributed by atoms with Crippen LogP contribution in [-0.2, 0) is 0 Å². The number of piperidine rings is 1. The predicted octanol–water partition coefficient (Wildman–Crippen LogP) is 4.55. The van der Waals surface area contributed by atoms with Gasteiger partial charge in [0.2, 0.25) is 0 Å². The van der Waals surface area contributed by atoms with E-state index in [0.717, 1.165) is 12.8 Å². The number of nitrogens with zero attached hydrogens (tertiary/aromatic N) is 5. The molecule has 1 aliphatic heterocycles. The molecular formula is C23H22ClFN6O2. The largest absolute Gasteiger partial charge is 0.424 e. The van der Waals surface area contributed by atoms with Gasteiger partial charge >= 0.3 is 0 Å². The number of hydrogen-bond acceptors (Lipinski definition) is 6. The second-order valence-corrected chi connectivity index (χ2v) is 8.59. The minimum atomic E-state index is -0.601. The molecule has 2 aromatic heterocycles. The van der Waals surface area contributed by atoms with Crippen molar-refractivity contribution in [3.05, 3.63) is 65.2 Å². The number of anilines is 1. The van der Waals surface area contributed by atoms with E-state index in [1.54, 1.807) is 35.2 Å². The van der Waals surface area contributed by atoms with Crippen molar-refractivity contribution >= 4 is 34.6 Å². The molecule has 2 atom stereocenters. The second kappa shape index (κ2) is 8.82. The van der Waals surface area contributed by atoms with Crippen LogP contribution < -0.4 is 5.32 Å². The molecule has 2 aromatic carbocycles. The lowest BCUT2D eigenvalue weighted by Gasteiger charge is -2.40. The average molecular weight is 469 g/mol. The van der Waals surface area contributed by atoms with Gasteiger partial charge in [-0.05, 0) is 49.1 Å². The Kier molecular flexibility index (Phi) is 5.72. The molecule has 10 heteroatoms. The highest BCUT2D eigenvalue weighted by Crippen LogP contribution is 2.29. The zero-order chi connectivity index (χ0) is 22.9. The number of aromatic nitrogens is 4. The topological polar surface area (TPSA) is 89.1 Å². The van der Waals surface area contributed by atoms with Crippen LogP contribution in [0.1, 0.15) is 30.1 Å². The van der Waals surface area contributed by atoms with E-state index < -0.39 is 5.82 Å². The quantitative estimate of drug-likeness (QED) is 0.462. The number of nitrogens with one attached hydrogen (secondary N) is 1. The van der Waals surface area contributed by atoms with Gasteiger partial charge in [-0.15, -0.1) is 0 Å². The van der Waals surface area contributed by atoms with E-state index in [9.17, 15) is 9.18 Å². The predicted molar refractivity (Wildman–Crippen MR) is 122 cm³/mol. The fourth-order valence-corrected chi connectivity index (χ4v) is 4.52. The molecule has 1 fully saturated rings. The molecule has 2 unspecified atom stereocenters. The second-order valence-electron chi connectivity index (χ2n) is 8.15. The maximum Gasteiger partial charge on any atom is 0.295 e. The molecule has 0 spiro atoms. The first-order chi connectivity index (χ1) is 16.0. The molecule has 0 saturated carbocycles. The third kappa shape index (κ3) is 4.16. The number of halogens is 2. The number of fused-ring (bicyclic) bond motifs is 1. The molecule has 1 saturated heterocycles. The minimum absolute atomic E-state index is 0.0377. The Bertz CT molecular complexity index is 1290. The zero-order valence-corrected chi connectivity index (χ0v) is 18.7. The summed E-state index contributed by atoms with van der Waals surface area (Å²) in [5, 5.41) is 11.9. The lowest BCUT2D eigenvalue weighted by molar-refractivity contribution is 0.0534. The summed E-state index contributed by atoms with van der Waals surface area (Å²) in [4.78, 5) is 21.0. The summed E-state index contributed by atoms with van der Waals surface area (Å²) in [6.07, 6.45) is 4.78. The fourth-order valence-electron chi connectivity index (χ4n) is 4.36. The number of rotatable bonds is 5. The van der Waals surface area contributed by atoms with E-state index in [1.807, 2.05) is 0 Å². The zero-order valence-electron chi connectivity index (χ0n) is 17.9. The maximum absolute atomic E-state index is 14.9. The van der Waals surface area contributed by atoms with E-state index in [1.165, 1.54) is 23.3 Å². The molecule has 0 aliphatic carbocycles. The van der Waals surface area contributed by atoms with E-state index in [0.29, 0.717) is 40.9 Å². The van der Waals surface area contributed by atoms with Crippen molar-refractivity contribution in [1.82, 2.24) is 24.9 Å². The van der Waals surface area contributed by atoms with Crippen LogP contribution in [0.4, 0.5) is 10.4 Å². The maximum atomic E-state index is 14.9. The molecule has 0 bridgehead atoms.